The Kier molecular flexibility index (Phi) is 7.48. The van der Waals surface area contributed by atoms with Gasteiger partial charge in [0.25, 0.3) is 0 Å². The number of nitrogens with zero attached hydrogens (tertiary/aromatic N) is 2. The molecule has 0 saturated carbocycles. The number of carbonyl (C=O) groups is 1. The van der Waals surface area contributed by atoms with Crippen molar-refractivity contribution in [3.8, 4) is 0 Å². The Morgan fingerprint density at radius 1 is 1.03 bits per heavy atom. The van der Waals surface area contributed by atoms with Crippen molar-refractivity contribution in [1.29, 1.82) is 0 Å². The lowest BCUT2D eigenvalue weighted by Crippen LogP contribution is -2.47. The molecule has 0 aromatic heterocycles. The normalized spacial score (nSPS) is 23.3. The first-order valence-corrected chi connectivity index (χ1v) is 12.7. The zero-order valence-corrected chi connectivity index (χ0v) is 20.5. The van der Waals surface area contributed by atoms with E-state index in [1.165, 1.54) is 11.1 Å². The number of nitrogens with one attached hydrogen (secondary N) is 2. The number of anilines is 2. The average Bonchev–Trinajstić information content (AvgIpc) is 3.38. The van der Waals surface area contributed by atoms with Gasteiger partial charge in [0.15, 0.2) is 0 Å². The van der Waals surface area contributed by atoms with Gasteiger partial charge in [0, 0.05) is 56.2 Å². The third kappa shape index (κ3) is 5.28. The van der Waals surface area contributed by atoms with Crippen molar-refractivity contribution in [3.05, 3.63) is 65.2 Å². The van der Waals surface area contributed by atoms with E-state index in [0.717, 1.165) is 68.2 Å². The smallest absolute Gasteiger partial charge is 0.234 e. The number of hydrogen-bond acceptors (Lipinski definition) is 6. The van der Waals surface area contributed by atoms with E-state index in [9.17, 15) is 4.79 Å². The number of piperazine rings is 1. The van der Waals surface area contributed by atoms with E-state index in [1.54, 1.807) is 0 Å². The average molecular weight is 477 g/mol. The number of amides is 1. The first-order chi connectivity index (χ1) is 17.1. The summed E-state index contributed by atoms with van der Waals surface area (Å²) < 4.78 is 5.40. The van der Waals surface area contributed by atoms with Gasteiger partial charge >= 0.3 is 0 Å². The zero-order valence-electron chi connectivity index (χ0n) is 20.5. The zero-order chi connectivity index (χ0) is 24.2. The van der Waals surface area contributed by atoms with Crippen molar-refractivity contribution in [2.75, 3.05) is 69.7 Å². The number of aliphatic hydroxyl groups is 1. The molecule has 186 valence electrons. The number of rotatable bonds is 9. The third-order valence-electron chi connectivity index (χ3n) is 7.36. The van der Waals surface area contributed by atoms with Gasteiger partial charge in [0.2, 0.25) is 5.91 Å². The highest BCUT2D eigenvalue weighted by molar-refractivity contribution is 6.06. The first kappa shape index (κ1) is 24.0. The number of fused-ring (bicyclic) bond motifs is 2. The van der Waals surface area contributed by atoms with Crippen molar-refractivity contribution in [3.63, 3.8) is 0 Å². The summed E-state index contributed by atoms with van der Waals surface area (Å²) >= 11 is 0. The number of benzene rings is 2. The van der Waals surface area contributed by atoms with E-state index in [0.29, 0.717) is 13.2 Å². The van der Waals surface area contributed by atoms with Crippen molar-refractivity contribution in [2.45, 2.75) is 25.3 Å². The number of para-hydroxylation sites is 1. The number of ether oxygens (including phenoxy) is 1. The molecule has 1 amide bonds. The van der Waals surface area contributed by atoms with Crippen LogP contribution in [0.25, 0.3) is 5.57 Å². The molecule has 3 aliphatic heterocycles. The molecule has 2 atom stereocenters. The minimum atomic E-state index is -0.235. The Hall–Kier alpha value is -2.71. The molecule has 0 bridgehead atoms. The SMILES string of the molecule is Cc1ccc2c(c1)NC(=O)C2C1Nc2ccccc2/C1=C/CCN1CCN(CCOCCO)CC1. The highest BCUT2D eigenvalue weighted by Gasteiger charge is 2.42. The molecule has 7 heteroatoms. The first-order valence-electron chi connectivity index (χ1n) is 12.7. The molecular formula is C28H36N4O3. The van der Waals surface area contributed by atoms with Gasteiger partial charge in [-0.2, -0.15) is 0 Å². The number of aryl methyl sites for hydroxylation is 1. The van der Waals surface area contributed by atoms with Crippen LogP contribution >= 0.6 is 0 Å². The van der Waals surface area contributed by atoms with Gasteiger partial charge in [-0.05, 0) is 42.2 Å². The highest BCUT2D eigenvalue weighted by atomic mass is 16.5. The van der Waals surface area contributed by atoms with Gasteiger partial charge in [-0.3, -0.25) is 9.69 Å². The lowest BCUT2D eigenvalue weighted by Gasteiger charge is -2.34. The quantitative estimate of drug-likeness (QED) is 0.483. The lowest BCUT2D eigenvalue weighted by molar-refractivity contribution is -0.117. The Labute approximate surface area is 207 Å². The summed E-state index contributed by atoms with van der Waals surface area (Å²) in [6, 6.07) is 14.6. The summed E-state index contributed by atoms with van der Waals surface area (Å²) in [5, 5.41) is 15.6. The second-order valence-corrected chi connectivity index (χ2v) is 9.69. The monoisotopic (exact) mass is 476 g/mol. The highest BCUT2D eigenvalue weighted by Crippen LogP contribution is 2.45. The van der Waals surface area contributed by atoms with Crippen LogP contribution in [0.1, 0.15) is 29.0 Å². The molecule has 3 heterocycles. The third-order valence-corrected chi connectivity index (χ3v) is 7.36. The molecule has 0 radical (unpaired) electrons. The molecule has 0 spiro atoms. The predicted octanol–water partition coefficient (Wildman–Crippen LogP) is 2.93. The second-order valence-electron chi connectivity index (χ2n) is 9.69. The molecule has 35 heavy (non-hydrogen) atoms. The Morgan fingerprint density at radius 2 is 1.80 bits per heavy atom. The Bertz CT molecular complexity index is 1080. The fourth-order valence-corrected chi connectivity index (χ4v) is 5.50. The minimum Gasteiger partial charge on any atom is -0.394 e. The maximum atomic E-state index is 13.1. The van der Waals surface area contributed by atoms with E-state index in [4.69, 9.17) is 9.84 Å². The van der Waals surface area contributed by atoms with Crippen molar-refractivity contribution >= 4 is 22.9 Å². The summed E-state index contributed by atoms with van der Waals surface area (Å²) in [5.41, 5.74) is 6.72. The molecule has 1 saturated heterocycles. The molecule has 1 fully saturated rings. The molecule has 7 nitrogen and oxygen atoms in total. The molecule has 3 N–H and O–H groups in total. The van der Waals surface area contributed by atoms with Crippen molar-refractivity contribution < 1.29 is 14.6 Å². The van der Waals surface area contributed by atoms with Gasteiger partial charge in [-0.25, -0.2) is 0 Å². The standard InChI is InChI=1S/C28H36N4O3/c1-20-8-9-23-25(19-20)30-28(34)26(23)27-22(21-5-2-3-7-24(21)29-27)6-4-10-31-11-13-32(14-12-31)15-17-35-18-16-33/h2-3,5-9,19,26-27,29,33H,4,10-18H2,1H3,(H,30,34)/b22-6-. The fourth-order valence-electron chi connectivity index (χ4n) is 5.50. The van der Waals surface area contributed by atoms with Crippen LogP contribution in [0, 0.1) is 6.92 Å². The van der Waals surface area contributed by atoms with E-state index in [1.807, 2.05) is 6.07 Å². The number of aliphatic hydroxyl groups excluding tert-OH is 1. The molecule has 2 aromatic carbocycles. The lowest BCUT2D eigenvalue weighted by atomic mass is 9.86. The van der Waals surface area contributed by atoms with E-state index in [2.05, 4.69) is 69.8 Å². The second kappa shape index (κ2) is 10.9. The van der Waals surface area contributed by atoms with E-state index >= 15 is 0 Å². The minimum absolute atomic E-state index is 0.0628. The summed E-state index contributed by atoms with van der Waals surface area (Å²) in [7, 11) is 0. The van der Waals surface area contributed by atoms with Gasteiger partial charge in [0.05, 0.1) is 31.8 Å². The Balaban J connectivity index is 1.24. The molecular weight excluding hydrogens is 440 g/mol. The molecule has 2 unspecified atom stereocenters. The van der Waals surface area contributed by atoms with Crippen LogP contribution in [0.3, 0.4) is 0 Å². The molecule has 3 aliphatic rings. The summed E-state index contributed by atoms with van der Waals surface area (Å²) in [4.78, 5) is 18.0. The molecule has 2 aromatic rings. The topological polar surface area (TPSA) is 77.1 Å². The Morgan fingerprint density at radius 3 is 2.60 bits per heavy atom. The molecule has 0 aliphatic carbocycles. The van der Waals surface area contributed by atoms with Crippen molar-refractivity contribution in [1.82, 2.24) is 9.80 Å². The van der Waals surface area contributed by atoms with Gasteiger partial charge < -0.3 is 25.4 Å². The fraction of sp³-hybridized carbons (Fsp3) is 0.464. The van der Waals surface area contributed by atoms with Crippen LogP contribution in [-0.4, -0.2) is 85.9 Å². The van der Waals surface area contributed by atoms with Crippen LogP contribution in [-0.2, 0) is 9.53 Å². The van der Waals surface area contributed by atoms with Crippen LogP contribution in [0.2, 0.25) is 0 Å². The maximum Gasteiger partial charge on any atom is 0.234 e. The van der Waals surface area contributed by atoms with Gasteiger partial charge in [-0.1, -0.05) is 36.4 Å². The largest absolute Gasteiger partial charge is 0.394 e. The summed E-state index contributed by atoms with van der Waals surface area (Å²) in [6.07, 6.45) is 3.30. The summed E-state index contributed by atoms with van der Waals surface area (Å²) in [5.74, 6) is -0.165. The van der Waals surface area contributed by atoms with Crippen LogP contribution in [0.15, 0.2) is 48.5 Å². The summed E-state index contributed by atoms with van der Waals surface area (Å²) in [6.45, 7) is 9.38. The van der Waals surface area contributed by atoms with E-state index in [-0.39, 0.29) is 24.5 Å². The molecule has 5 rings (SSSR count). The van der Waals surface area contributed by atoms with Crippen molar-refractivity contribution in [2.24, 2.45) is 0 Å². The number of carbonyl (C=O) groups excluding carboxylic acids is 1. The van der Waals surface area contributed by atoms with Crippen LogP contribution in [0.4, 0.5) is 11.4 Å². The van der Waals surface area contributed by atoms with Gasteiger partial charge in [0.1, 0.15) is 0 Å². The predicted molar refractivity (Wildman–Crippen MR) is 140 cm³/mol. The maximum absolute atomic E-state index is 13.1. The van der Waals surface area contributed by atoms with E-state index < -0.39 is 0 Å². The number of hydrogen-bond donors (Lipinski definition) is 3. The van der Waals surface area contributed by atoms with Crippen LogP contribution in [0.5, 0.6) is 0 Å². The van der Waals surface area contributed by atoms with Crippen LogP contribution < -0.4 is 10.6 Å². The van der Waals surface area contributed by atoms with Gasteiger partial charge in [-0.15, -0.1) is 0 Å².